The average Bonchev–Trinajstić information content (AvgIpc) is 3.14. The van der Waals surface area contributed by atoms with Crippen molar-refractivity contribution in [2.45, 2.75) is 19.3 Å². The highest BCUT2D eigenvalue weighted by Gasteiger charge is 2.60. The Kier molecular flexibility index (Phi) is 2.96. The van der Waals surface area contributed by atoms with Crippen LogP contribution in [0.2, 0.25) is 5.02 Å². The molecule has 2 aliphatic carbocycles. The molecule has 1 heterocycles. The molecule has 4 nitrogen and oxygen atoms in total. The molecule has 21 heavy (non-hydrogen) atoms. The summed E-state index contributed by atoms with van der Waals surface area (Å²) in [5.41, 5.74) is 0.861. The minimum atomic E-state index is -0.0386. The number of nitrogens with one attached hydrogen (secondary N) is 1. The van der Waals surface area contributed by atoms with Crippen molar-refractivity contribution in [3.63, 3.8) is 0 Å². The zero-order valence-corrected chi connectivity index (χ0v) is 12.3. The van der Waals surface area contributed by atoms with Gasteiger partial charge in [0.2, 0.25) is 11.8 Å². The lowest BCUT2D eigenvalue weighted by molar-refractivity contribution is -0.140. The normalized spacial score (nSPS) is 33.7. The van der Waals surface area contributed by atoms with E-state index >= 15 is 0 Å². The molecule has 2 bridgehead atoms. The maximum Gasteiger partial charge on any atom is 0.234 e. The van der Waals surface area contributed by atoms with Crippen LogP contribution in [-0.4, -0.2) is 23.4 Å². The number of likely N-dealkylation sites (tertiary alicyclic amines) is 1. The molecule has 0 aromatic heterocycles. The smallest absolute Gasteiger partial charge is 0.234 e. The van der Waals surface area contributed by atoms with Crippen LogP contribution in [0, 0.1) is 23.7 Å². The lowest BCUT2D eigenvalue weighted by Crippen LogP contribution is -2.36. The van der Waals surface area contributed by atoms with Crippen LogP contribution in [-0.2, 0) is 9.59 Å². The highest BCUT2D eigenvalue weighted by molar-refractivity contribution is 6.30. The monoisotopic (exact) mass is 304 g/mol. The van der Waals surface area contributed by atoms with Crippen LogP contribution in [0.4, 0.5) is 5.69 Å². The first-order valence-corrected chi connectivity index (χ1v) is 7.87. The third kappa shape index (κ3) is 1.96. The molecule has 0 radical (unpaired) electrons. The predicted molar refractivity (Wildman–Crippen MR) is 79.6 cm³/mol. The van der Waals surface area contributed by atoms with Crippen molar-refractivity contribution < 1.29 is 9.59 Å². The zero-order valence-electron chi connectivity index (χ0n) is 11.6. The summed E-state index contributed by atoms with van der Waals surface area (Å²) in [5.74, 6) is 0.859. The fraction of sp³-hybridized carbons (Fsp3) is 0.500. The minimum Gasteiger partial charge on any atom is -0.367 e. The van der Waals surface area contributed by atoms with Crippen molar-refractivity contribution in [3.8, 4) is 0 Å². The molecule has 3 aliphatic rings. The first-order chi connectivity index (χ1) is 10.1. The number of amides is 2. The number of hydrogen-bond donors (Lipinski definition) is 1. The standard InChI is InChI=1S/C16H17ClN2O2/c17-11-3-5-12(6-4-11)18-8-19-15(20)13-9-1-2-10(7-9)14(13)16(19)21/h3-6,9-10,13-14,18H,1-2,7-8H2/t9-,10-,13-,14+/m0/s1. The van der Waals surface area contributed by atoms with E-state index in [2.05, 4.69) is 5.32 Å². The van der Waals surface area contributed by atoms with Gasteiger partial charge in [0.1, 0.15) is 0 Å². The minimum absolute atomic E-state index is 0.0265. The maximum absolute atomic E-state index is 12.5. The Hall–Kier alpha value is -1.55. The third-order valence-electron chi connectivity index (χ3n) is 5.30. The van der Waals surface area contributed by atoms with E-state index in [-0.39, 0.29) is 30.3 Å². The molecule has 110 valence electrons. The van der Waals surface area contributed by atoms with E-state index in [9.17, 15) is 9.59 Å². The van der Waals surface area contributed by atoms with Gasteiger partial charge in [-0.25, -0.2) is 0 Å². The highest BCUT2D eigenvalue weighted by atomic mass is 35.5. The molecule has 2 saturated carbocycles. The Morgan fingerprint density at radius 2 is 1.62 bits per heavy atom. The summed E-state index contributed by atoms with van der Waals surface area (Å²) in [5, 5.41) is 3.81. The first-order valence-electron chi connectivity index (χ1n) is 7.50. The Bertz CT molecular complexity index is 573. The van der Waals surface area contributed by atoms with Gasteiger partial charge in [-0.2, -0.15) is 0 Å². The molecule has 5 heteroatoms. The Balaban J connectivity index is 1.48. The van der Waals surface area contributed by atoms with E-state index in [4.69, 9.17) is 11.6 Å². The second-order valence-corrected chi connectivity index (χ2v) is 6.77. The van der Waals surface area contributed by atoms with Crippen molar-refractivity contribution in [2.75, 3.05) is 12.0 Å². The highest BCUT2D eigenvalue weighted by Crippen LogP contribution is 2.55. The van der Waals surface area contributed by atoms with E-state index in [1.807, 2.05) is 12.1 Å². The topological polar surface area (TPSA) is 49.4 Å². The fourth-order valence-corrected chi connectivity index (χ4v) is 4.49. The van der Waals surface area contributed by atoms with Gasteiger partial charge >= 0.3 is 0 Å². The summed E-state index contributed by atoms with van der Waals surface area (Å²) in [6, 6.07) is 7.26. The van der Waals surface area contributed by atoms with Crippen LogP contribution in [0.25, 0.3) is 0 Å². The summed E-state index contributed by atoms with van der Waals surface area (Å²) < 4.78 is 0. The summed E-state index contributed by atoms with van der Waals surface area (Å²) in [6.45, 7) is 0.256. The van der Waals surface area contributed by atoms with Gasteiger partial charge < -0.3 is 5.32 Å². The Morgan fingerprint density at radius 1 is 1.05 bits per heavy atom. The molecule has 1 aromatic carbocycles. The number of nitrogens with zero attached hydrogens (tertiary/aromatic N) is 1. The number of halogens is 1. The molecule has 0 spiro atoms. The van der Waals surface area contributed by atoms with E-state index in [0.29, 0.717) is 16.9 Å². The van der Waals surface area contributed by atoms with Crippen LogP contribution in [0.1, 0.15) is 19.3 Å². The van der Waals surface area contributed by atoms with Crippen molar-refractivity contribution in [1.29, 1.82) is 0 Å². The summed E-state index contributed by atoms with van der Waals surface area (Å²) in [4.78, 5) is 26.4. The van der Waals surface area contributed by atoms with Gasteiger partial charge in [-0.15, -0.1) is 0 Å². The number of carbonyl (C=O) groups excluding carboxylic acids is 2. The van der Waals surface area contributed by atoms with E-state index in [0.717, 1.165) is 24.9 Å². The fourth-order valence-electron chi connectivity index (χ4n) is 4.36. The van der Waals surface area contributed by atoms with Gasteiger partial charge in [0.15, 0.2) is 0 Å². The van der Waals surface area contributed by atoms with E-state index in [1.165, 1.54) is 4.90 Å². The summed E-state index contributed by atoms with van der Waals surface area (Å²) in [6.07, 6.45) is 3.30. The SMILES string of the molecule is O=C1[C@@H]2[C@H]3CC[C@@H](C3)[C@@H]2C(=O)N1CNc1ccc(Cl)cc1. The number of anilines is 1. The third-order valence-corrected chi connectivity index (χ3v) is 5.56. The molecule has 1 aliphatic heterocycles. The zero-order chi connectivity index (χ0) is 14.6. The van der Waals surface area contributed by atoms with Gasteiger partial charge in [0.25, 0.3) is 0 Å². The molecule has 2 amide bonds. The van der Waals surface area contributed by atoms with Crippen LogP contribution in [0.5, 0.6) is 0 Å². The lowest BCUT2D eigenvalue weighted by atomic mass is 9.81. The number of rotatable bonds is 3. The van der Waals surface area contributed by atoms with Gasteiger partial charge in [0, 0.05) is 10.7 Å². The van der Waals surface area contributed by atoms with Crippen LogP contribution < -0.4 is 5.32 Å². The maximum atomic E-state index is 12.5. The Morgan fingerprint density at radius 3 is 2.19 bits per heavy atom. The van der Waals surface area contributed by atoms with Crippen molar-refractivity contribution in [1.82, 2.24) is 4.90 Å². The number of hydrogen-bond acceptors (Lipinski definition) is 3. The number of carbonyl (C=O) groups is 2. The largest absolute Gasteiger partial charge is 0.367 e. The van der Waals surface area contributed by atoms with Crippen LogP contribution in [0.3, 0.4) is 0 Å². The summed E-state index contributed by atoms with van der Waals surface area (Å²) >= 11 is 5.84. The molecule has 4 atom stereocenters. The predicted octanol–water partition coefficient (Wildman–Crippen LogP) is 2.74. The van der Waals surface area contributed by atoms with Crippen molar-refractivity contribution >= 4 is 29.1 Å². The van der Waals surface area contributed by atoms with Crippen LogP contribution >= 0.6 is 11.6 Å². The Labute approximate surface area is 128 Å². The van der Waals surface area contributed by atoms with Gasteiger partial charge in [-0.3, -0.25) is 14.5 Å². The van der Waals surface area contributed by atoms with Crippen molar-refractivity contribution in [2.24, 2.45) is 23.7 Å². The van der Waals surface area contributed by atoms with Gasteiger partial charge in [-0.05, 0) is 55.4 Å². The average molecular weight is 305 g/mol. The first kappa shape index (κ1) is 13.1. The number of fused-ring (bicyclic) bond motifs is 5. The van der Waals surface area contributed by atoms with Crippen LogP contribution in [0.15, 0.2) is 24.3 Å². The van der Waals surface area contributed by atoms with E-state index in [1.54, 1.807) is 12.1 Å². The number of imide groups is 1. The molecule has 1 N–H and O–H groups in total. The molecule has 1 aromatic rings. The van der Waals surface area contributed by atoms with Crippen molar-refractivity contribution in [3.05, 3.63) is 29.3 Å². The summed E-state index contributed by atoms with van der Waals surface area (Å²) in [7, 11) is 0. The molecule has 0 unspecified atom stereocenters. The second kappa shape index (κ2) is 4.73. The molecule has 1 saturated heterocycles. The molecule has 4 rings (SSSR count). The molecule has 3 fully saturated rings. The number of benzene rings is 1. The quantitative estimate of drug-likeness (QED) is 0.874. The lowest BCUT2D eigenvalue weighted by Gasteiger charge is -2.19. The van der Waals surface area contributed by atoms with Gasteiger partial charge in [0.05, 0.1) is 18.5 Å². The van der Waals surface area contributed by atoms with Gasteiger partial charge in [-0.1, -0.05) is 11.6 Å². The van der Waals surface area contributed by atoms with E-state index < -0.39 is 0 Å². The molecular formula is C16H17ClN2O2. The second-order valence-electron chi connectivity index (χ2n) is 6.33. The molecular weight excluding hydrogens is 288 g/mol.